The molecule has 0 amide bonds. The lowest BCUT2D eigenvalue weighted by Gasteiger charge is -2.22. The van der Waals surface area contributed by atoms with Gasteiger partial charge < -0.3 is 0 Å². The molecule has 0 saturated carbocycles. The van der Waals surface area contributed by atoms with Gasteiger partial charge >= 0.3 is 0 Å². The number of thiophene rings is 2. The van der Waals surface area contributed by atoms with Crippen molar-refractivity contribution in [2.75, 3.05) is 0 Å². The quantitative estimate of drug-likeness (QED) is 0.155. The van der Waals surface area contributed by atoms with Crippen molar-refractivity contribution in [3.05, 3.63) is 265 Å². The Morgan fingerprint density at radius 2 is 0.622 bits per heavy atom. The summed E-state index contributed by atoms with van der Waals surface area (Å²) in [7, 11) is 0. The molecule has 2 aliphatic carbocycles. The number of hydrogen-bond acceptors (Lipinski definition) is 4. The van der Waals surface area contributed by atoms with Crippen LogP contribution in [-0.4, -0.2) is 9.97 Å². The van der Waals surface area contributed by atoms with Crippen LogP contribution in [0.3, 0.4) is 0 Å². The summed E-state index contributed by atoms with van der Waals surface area (Å²) in [5, 5.41) is 7.33. The van der Waals surface area contributed by atoms with Gasteiger partial charge in [-0.1, -0.05) is 234 Å². The van der Waals surface area contributed by atoms with Crippen LogP contribution < -0.4 is 0 Å². The second-order valence-electron chi connectivity index (χ2n) is 23.6. The summed E-state index contributed by atoms with van der Waals surface area (Å²) in [4.78, 5) is 11.7. The van der Waals surface area contributed by atoms with Gasteiger partial charge in [-0.25, -0.2) is 9.97 Å². The van der Waals surface area contributed by atoms with E-state index in [-0.39, 0.29) is 10.8 Å². The Balaban J connectivity index is 0.868. The fourth-order valence-electron chi connectivity index (χ4n) is 14.1. The van der Waals surface area contributed by atoms with Gasteiger partial charge in [0.2, 0.25) is 0 Å². The van der Waals surface area contributed by atoms with Crippen LogP contribution in [0.2, 0.25) is 0 Å². The van der Waals surface area contributed by atoms with Crippen LogP contribution in [0, 0.1) is 0 Å². The first-order valence-electron chi connectivity index (χ1n) is 28.4. The minimum Gasteiger partial charge on any atom is -0.245 e. The van der Waals surface area contributed by atoms with Gasteiger partial charge in [-0.05, 0) is 114 Å². The third-order valence-corrected chi connectivity index (χ3v) is 20.7. The van der Waals surface area contributed by atoms with Gasteiger partial charge in [0, 0.05) is 84.2 Å². The maximum atomic E-state index is 5.87. The molecule has 0 N–H and O–H groups in total. The molecule has 17 rings (SSSR count). The van der Waals surface area contributed by atoms with E-state index in [1.807, 2.05) is 22.7 Å². The van der Waals surface area contributed by atoms with E-state index in [0.29, 0.717) is 0 Å². The molecule has 0 unspecified atom stereocenters. The minimum absolute atomic E-state index is 0.154. The Morgan fingerprint density at radius 1 is 0.268 bits per heavy atom. The standard InChI is InChI=1S/C78H52N2S2/c1-77(2)65-23-9-5-15-55(65)57-39-37-49(43-67(57)77)63-41-51-35-36-52-42-64(50-38-40-58-56-16-6-10-24-66(56)78(3,4)68(58)44-50)72(48-33-29-46(30-34-48)54-20-14-22-62-60-18-8-12-26-70(60)82-76(54)62)80-74(52)73(51)79-71(63)47-31-27-45(28-32-47)53-19-13-21-61-59-17-7-11-25-69(59)81-75(53)61/h5-44H,1-4H3. The Hall–Kier alpha value is -9.32. The van der Waals surface area contributed by atoms with Crippen LogP contribution in [0.15, 0.2) is 243 Å². The number of benzene rings is 11. The molecular weight excluding hydrogens is 1030 g/mol. The van der Waals surface area contributed by atoms with E-state index in [1.54, 1.807) is 0 Å². The highest BCUT2D eigenvalue weighted by Crippen LogP contribution is 2.53. The van der Waals surface area contributed by atoms with Gasteiger partial charge in [-0.3, -0.25) is 0 Å². The van der Waals surface area contributed by atoms with E-state index >= 15 is 0 Å². The maximum Gasteiger partial charge on any atom is 0.0972 e. The minimum atomic E-state index is -0.154. The molecule has 15 aromatic rings. The van der Waals surface area contributed by atoms with Gasteiger partial charge in [0.15, 0.2) is 0 Å². The largest absolute Gasteiger partial charge is 0.245 e. The summed E-state index contributed by atoms with van der Waals surface area (Å²) in [6.45, 7) is 9.45. The summed E-state index contributed by atoms with van der Waals surface area (Å²) in [6, 6.07) is 90.5. The topological polar surface area (TPSA) is 25.8 Å². The Labute approximate surface area is 484 Å². The van der Waals surface area contributed by atoms with Crippen molar-refractivity contribution in [1.29, 1.82) is 0 Å². The molecular formula is C78H52N2S2. The third kappa shape index (κ3) is 6.98. The molecule has 2 nitrogen and oxygen atoms in total. The number of aromatic nitrogens is 2. The molecule has 4 heterocycles. The van der Waals surface area contributed by atoms with Crippen LogP contribution in [0.4, 0.5) is 0 Å². The van der Waals surface area contributed by atoms with Crippen LogP contribution in [-0.2, 0) is 10.8 Å². The third-order valence-electron chi connectivity index (χ3n) is 18.3. The summed E-state index contributed by atoms with van der Waals surface area (Å²) < 4.78 is 5.24. The van der Waals surface area contributed by atoms with E-state index in [2.05, 4.69) is 270 Å². The molecule has 0 atom stereocenters. The lowest BCUT2D eigenvalue weighted by molar-refractivity contribution is 0.660. The average Bonchev–Trinajstić information content (AvgIpc) is 3.69. The van der Waals surface area contributed by atoms with Gasteiger partial charge in [0.05, 0.1) is 22.4 Å². The Morgan fingerprint density at radius 3 is 1.07 bits per heavy atom. The van der Waals surface area contributed by atoms with Crippen molar-refractivity contribution in [1.82, 2.24) is 9.97 Å². The van der Waals surface area contributed by atoms with Crippen LogP contribution in [0.1, 0.15) is 49.9 Å². The maximum absolute atomic E-state index is 5.87. The summed E-state index contributed by atoms with van der Waals surface area (Å²) in [6.07, 6.45) is 0. The molecule has 0 aliphatic heterocycles. The molecule has 4 aromatic heterocycles. The van der Waals surface area contributed by atoms with Crippen molar-refractivity contribution in [3.8, 4) is 89.3 Å². The normalized spacial score (nSPS) is 13.8. The predicted octanol–water partition coefficient (Wildman–Crippen LogP) is 22.1. The highest BCUT2D eigenvalue weighted by atomic mass is 32.1. The number of nitrogens with zero attached hydrogens (tertiary/aromatic N) is 2. The zero-order valence-corrected chi connectivity index (χ0v) is 47.4. The molecule has 0 saturated heterocycles. The lowest BCUT2D eigenvalue weighted by Crippen LogP contribution is -2.14. The number of hydrogen-bond donors (Lipinski definition) is 0. The Kier molecular flexibility index (Phi) is 10.2. The lowest BCUT2D eigenvalue weighted by atomic mass is 9.81. The zero-order valence-electron chi connectivity index (χ0n) is 45.8. The van der Waals surface area contributed by atoms with Crippen molar-refractivity contribution in [2.24, 2.45) is 0 Å². The highest BCUT2D eigenvalue weighted by molar-refractivity contribution is 7.26. The number of pyridine rings is 2. The highest BCUT2D eigenvalue weighted by Gasteiger charge is 2.37. The van der Waals surface area contributed by atoms with Crippen molar-refractivity contribution in [3.63, 3.8) is 0 Å². The fourth-order valence-corrected chi connectivity index (χ4v) is 16.5. The second kappa shape index (κ2) is 17.6. The van der Waals surface area contributed by atoms with E-state index in [0.717, 1.165) is 66.6 Å². The van der Waals surface area contributed by atoms with Crippen molar-refractivity contribution >= 4 is 84.8 Å². The van der Waals surface area contributed by atoms with Crippen LogP contribution in [0.5, 0.6) is 0 Å². The van der Waals surface area contributed by atoms with Gasteiger partial charge in [0.25, 0.3) is 0 Å². The van der Waals surface area contributed by atoms with Gasteiger partial charge in [0.1, 0.15) is 0 Å². The van der Waals surface area contributed by atoms with E-state index in [9.17, 15) is 0 Å². The first kappa shape index (κ1) is 47.5. The van der Waals surface area contributed by atoms with Gasteiger partial charge in [-0.15, -0.1) is 22.7 Å². The SMILES string of the molecule is CC1(C)c2ccccc2-c2ccc(-c3cc4ccc5cc(-c6ccc7c(c6)C(C)(C)c6ccccc6-7)c(-c6ccc(-c7cccc8c7sc7ccccc78)cc6)nc5c4nc3-c3ccc(-c4cccc5c4sc4ccccc45)cc3)cc21. The molecule has 0 bridgehead atoms. The Bertz CT molecular complexity index is 4880. The van der Waals surface area contributed by atoms with Crippen LogP contribution >= 0.6 is 22.7 Å². The predicted molar refractivity (Wildman–Crippen MR) is 351 cm³/mol. The molecule has 0 spiro atoms. The van der Waals surface area contributed by atoms with E-state index < -0.39 is 0 Å². The van der Waals surface area contributed by atoms with E-state index in [1.165, 1.54) is 107 Å². The van der Waals surface area contributed by atoms with Crippen LogP contribution in [0.25, 0.3) is 151 Å². The molecule has 386 valence electrons. The smallest absolute Gasteiger partial charge is 0.0972 e. The molecule has 4 heteroatoms. The monoisotopic (exact) mass is 1080 g/mol. The average molecular weight is 1080 g/mol. The number of rotatable bonds is 6. The molecule has 2 aliphatic rings. The number of fused-ring (bicyclic) bond motifs is 15. The summed E-state index contributed by atoms with van der Waals surface area (Å²) in [5.41, 5.74) is 25.5. The first-order valence-corrected chi connectivity index (χ1v) is 30.1. The molecule has 0 fully saturated rings. The summed E-state index contributed by atoms with van der Waals surface area (Å²) in [5.74, 6) is 0. The molecule has 11 aromatic carbocycles. The summed E-state index contributed by atoms with van der Waals surface area (Å²) >= 11 is 3.75. The first-order chi connectivity index (χ1) is 40.1. The van der Waals surface area contributed by atoms with Crippen molar-refractivity contribution in [2.45, 2.75) is 38.5 Å². The zero-order chi connectivity index (χ0) is 54.6. The fraction of sp³-hybridized carbons (Fsp3) is 0.0769. The van der Waals surface area contributed by atoms with Crippen molar-refractivity contribution < 1.29 is 0 Å². The molecule has 0 radical (unpaired) electrons. The van der Waals surface area contributed by atoms with Gasteiger partial charge in [-0.2, -0.15) is 0 Å². The van der Waals surface area contributed by atoms with E-state index in [4.69, 9.17) is 9.97 Å². The second-order valence-corrected chi connectivity index (χ2v) is 25.7. The molecule has 82 heavy (non-hydrogen) atoms.